The van der Waals surface area contributed by atoms with Gasteiger partial charge in [-0.1, -0.05) is 31.2 Å². The molecule has 0 spiro atoms. The number of aryl methyl sites for hydroxylation is 1. The third kappa shape index (κ3) is 4.32. The predicted octanol–water partition coefficient (Wildman–Crippen LogP) is 1.96. The molecule has 2 amide bonds. The molecule has 0 bridgehead atoms. The molecule has 7 heteroatoms. The number of amides is 2. The lowest BCUT2D eigenvalue weighted by molar-refractivity contribution is 0.0846. The first kappa shape index (κ1) is 17.3. The van der Waals surface area contributed by atoms with Gasteiger partial charge in [0.05, 0.1) is 6.54 Å². The van der Waals surface area contributed by atoms with Gasteiger partial charge in [0.15, 0.2) is 0 Å². The van der Waals surface area contributed by atoms with Crippen molar-refractivity contribution < 1.29 is 9.59 Å². The fraction of sp³-hybridized carbons (Fsp3) is 0.158. The number of rotatable bonds is 5. The van der Waals surface area contributed by atoms with Crippen molar-refractivity contribution >= 4 is 11.8 Å². The van der Waals surface area contributed by atoms with Gasteiger partial charge in [-0.05, 0) is 41.8 Å². The molecule has 0 unspecified atom stereocenters. The van der Waals surface area contributed by atoms with Gasteiger partial charge in [0, 0.05) is 11.1 Å². The van der Waals surface area contributed by atoms with Crippen LogP contribution in [0.15, 0.2) is 61.2 Å². The van der Waals surface area contributed by atoms with E-state index in [1.54, 1.807) is 35.3 Å². The zero-order valence-corrected chi connectivity index (χ0v) is 14.3. The summed E-state index contributed by atoms with van der Waals surface area (Å²) in [5.41, 5.74) is 7.94. The van der Waals surface area contributed by atoms with Gasteiger partial charge < -0.3 is 0 Å². The van der Waals surface area contributed by atoms with Crippen LogP contribution in [0.2, 0.25) is 0 Å². The first-order valence-electron chi connectivity index (χ1n) is 8.26. The van der Waals surface area contributed by atoms with E-state index in [1.165, 1.54) is 6.33 Å². The van der Waals surface area contributed by atoms with Gasteiger partial charge in [0.1, 0.15) is 12.7 Å². The second-order valence-electron chi connectivity index (χ2n) is 5.75. The van der Waals surface area contributed by atoms with Crippen molar-refractivity contribution in [3.63, 3.8) is 0 Å². The lowest BCUT2D eigenvalue weighted by Crippen LogP contribution is -2.41. The fourth-order valence-corrected chi connectivity index (χ4v) is 2.41. The number of carbonyl (C=O) groups is 2. The number of benzene rings is 2. The van der Waals surface area contributed by atoms with Crippen LogP contribution in [0.25, 0.3) is 0 Å². The van der Waals surface area contributed by atoms with Crippen molar-refractivity contribution in [3.05, 3.63) is 83.4 Å². The van der Waals surface area contributed by atoms with Gasteiger partial charge in [-0.2, -0.15) is 5.10 Å². The summed E-state index contributed by atoms with van der Waals surface area (Å²) in [6.45, 7) is 2.62. The SMILES string of the molecule is CCc1ccc(C(=O)NNC(=O)c2ccc(Cn3cncn3)cc2)cc1. The molecule has 1 heterocycles. The van der Waals surface area contributed by atoms with E-state index in [-0.39, 0.29) is 11.8 Å². The molecule has 0 saturated carbocycles. The van der Waals surface area contributed by atoms with Gasteiger partial charge in [-0.15, -0.1) is 0 Å². The first-order chi connectivity index (χ1) is 12.7. The van der Waals surface area contributed by atoms with Crippen LogP contribution in [0, 0.1) is 0 Å². The minimum atomic E-state index is -0.379. The molecule has 2 N–H and O–H groups in total. The Kier molecular flexibility index (Phi) is 5.38. The number of hydrogen-bond donors (Lipinski definition) is 2. The number of nitrogens with one attached hydrogen (secondary N) is 2. The number of aromatic nitrogens is 3. The van der Waals surface area contributed by atoms with Crippen LogP contribution in [0.5, 0.6) is 0 Å². The molecule has 3 rings (SSSR count). The van der Waals surface area contributed by atoms with Crippen molar-refractivity contribution in [2.45, 2.75) is 19.9 Å². The van der Waals surface area contributed by atoms with Gasteiger partial charge >= 0.3 is 0 Å². The van der Waals surface area contributed by atoms with Crippen LogP contribution in [0.4, 0.5) is 0 Å². The summed E-state index contributed by atoms with van der Waals surface area (Å²) >= 11 is 0. The highest BCUT2D eigenvalue weighted by Crippen LogP contribution is 2.07. The van der Waals surface area contributed by atoms with Crippen LogP contribution in [0.1, 0.15) is 38.8 Å². The summed E-state index contributed by atoms with van der Waals surface area (Å²) < 4.78 is 1.69. The Morgan fingerprint density at radius 1 is 0.885 bits per heavy atom. The van der Waals surface area contributed by atoms with E-state index >= 15 is 0 Å². The summed E-state index contributed by atoms with van der Waals surface area (Å²) in [5.74, 6) is -0.736. The highest BCUT2D eigenvalue weighted by atomic mass is 16.2. The maximum Gasteiger partial charge on any atom is 0.269 e. The quantitative estimate of drug-likeness (QED) is 0.689. The first-order valence-corrected chi connectivity index (χ1v) is 8.26. The average Bonchev–Trinajstić information content (AvgIpc) is 3.19. The standard InChI is InChI=1S/C19H19N5O2/c1-2-14-3-7-16(8-4-14)18(25)22-23-19(26)17-9-5-15(6-10-17)11-24-13-20-12-21-24/h3-10,12-13H,2,11H2,1H3,(H,22,25)(H,23,26). The van der Waals surface area contributed by atoms with Crippen LogP contribution in [0.3, 0.4) is 0 Å². The Bertz CT molecular complexity index is 871. The van der Waals surface area contributed by atoms with Crippen molar-refractivity contribution in [1.82, 2.24) is 25.6 Å². The zero-order chi connectivity index (χ0) is 18.4. The fourth-order valence-electron chi connectivity index (χ4n) is 2.41. The molecule has 0 aliphatic carbocycles. The number of carbonyl (C=O) groups excluding carboxylic acids is 2. The highest BCUT2D eigenvalue weighted by molar-refractivity contribution is 5.99. The summed E-state index contributed by atoms with van der Waals surface area (Å²) in [4.78, 5) is 28.1. The molecular weight excluding hydrogens is 330 g/mol. The molecule has 0 saturated heterocycles. The lowest BCUT2D eigenvalue weighted by Gasteiger charge is -2.08. The van der Waals surface area contributed by atoms with Crippen molar-refractivity contribution in [1.29, 1.82) is 0 Å². The molecule has 2 aromatic carbocycles. The second-order valence-corrected chi connectivity index (χ2v) is 5.75. The van der Waals surface area contributed by atoms with Crippen molar-refractivity contribution in [2.24, 2.45) is 0 Å². The molecule has 132 valence electrons. The minimum Gasteiger partial charge on any atom is -0.267 e. The Morgan fingerprint density at radius 2 is 1.42 bits per heavy atom. The Hall–Kier alpha value is -3.48. The Morgan fingerprint density at radius 3 is 1.88 bits per heavy atom. The average molecular weight is 349 g/mol. The van der Waals surface area contributed by atoms with E-state index in [0.29, 0.717) is 17.7 Å². The molecular formula is C19H19N5O2. The summed E-state index contributed by atoms with van der Waals surface area (Å²) in [7, 11) is 0. The van der Waals surface area contributed by atoms with Gasteiger partial charge in [0.2, 0.25) is 0 Å². The van der Waals surface area contributed by atoms with E-state index in [4.69, 9.17) is 0 Å². The topological polar surface area (TPSA) is 88.9 Å². The summed E-state index contributed by atoms with van der Waals surface area (Å²) in [6.07, 6.45) is 4.01. The molecule has 0 aliphatic rings. The van der Waals surface area contributed by atoms with Crippen molar-refractivity contribution in [3.8, 4) is 0 Å². The highest BCUT2D eigenvalue weighted by Gasteiger charge is 2.09. The van der Waals surface area contributed by atoms with Crippen molar-refractivity contribution in [2.75, 3.05) is 0 Å². The molecule has 1 aromatic heterocycles. The van der Waals surface area contributed by atoms with Gasteiger partial charge in [-0.3, -0.25) is 20.4 Å². The zero-order valence-electron chi connectivity index (χ0n) is 14.3. The van der Waals surface area contributed by atoms with Crippen LogP contribution >= 0.6 is 0 Å². The van der Waals surface area contributed by atoms with Crippen LogP contribution in [-0.4, -0.2) is 26.6 Å². The molecule has 7 nitrogen and oxygen atoms in total. The van der Waals surface area contributed by atoms with E-state index in [9.17, 15) is 9.59 Å². The minimum absolute atomic E-state index is 0.358. The third-order valence-corrected chi connectivity index (χ3v) is 3.94. The predicted molar refractivity (Wildman–Crippen MR) is 96.3 cm³/mol. The monoisotopic (exact) mass is 349 g/mol. The number of nitrogens with zero attached hydrogens (tertiary/aromatic N) is 3. The Balaban J connectivity index is 1.54. The van der Waals surface area contributed by atoms with Crippen LogP contribution in [-0.2, 0) is 13.0 Å². The molecule has 26 heavy (non-hydrogen) atoms. The molecule has 0 aliphatic heterocycles. The van der Waals surface area contributed by atoms with Crippen LogP contribution < -0.4 is 10.9 Å². The summed E-state index contributed by atoms with van der Waals surface area (Å²) in [5, 5.41) is 4.04. The smallest absolute Gasteiger partial charge is 0.267 e. The molecule has 0 atom stereocenters. The molecule has 3 aromatic rings. The maximum absolute atomic E-state index is 12.2. The van der Waals surface area contributed by atoms with E-state index < -0.39 is 0 Å². The number of hydrogen-bond acceptors (Lipinski definition) is 4. The second kappa shape index (κ2) is 8.06. The van der Waals surface area contributed by atoms with E-state index in [1.807, 2.05) is 31.2 Å². The summed E-state index contributed by atoms with van der Waals surface area (Å²) in [6, 6.07) is 14.3. The molecule has 0 radical (unpaired) electrons. The largest absolute Gasteiger partial charge is 0.269 e. The molecule has 0 fully saturated rings. The Labute approximate surface area is 151 Å². The lowest BCUT2D eigenvalue weighted by atomic mass is 10.1. The van der Waals surface area contributed by atoms with E-state index in [0.717, 1.165) is 17.5 Å². The number of hydrazine groups is 1. The third-order valence-electron chi connectivity index (χ3n) is 3.94. The normalized spacial score (nSPS) is 10.3. The van der Waals surface area contributed by atoms with Gasteiger partial charge in [0.25, 0.3) is 11.8 Å². The van der Waals surface area contributed by atoms with E-state index in [2.05, 4.69) is 20.9 Å². The van der Waals surface area contributed by atoms with Gasteiger partial charge in [-0.25, -0.2) is 9.67 Å². The maximum atomic E-state index is 12.2.